The molecule has 2 unspecified atom stereocenters. The highest BCUT2D eigenvalue weighted by atomic mass is 16.3. The van der Waals surface area contributed by atoms with Gasteiger partial charge in [-0.15, -0.1) is 0 Å². The van der Waals surface area contributed by atoms with Gasteiger partial charge in [0.1, 0.15) is 0 Å². The molecule has 4 N–H and O–H groups in total. The quantitative estimate of drug-likeness (QED) is 0.539. The highest BCUT2D eigenvalue weighted by Gasteiger charge is 2.16. The zero-order valence-electron chi connectivity index (χ0n) is 12.8. The van der Waals surface area contributed by atoms with Crippen LogP contribution < -0.4 is 11.1 Å². The van der Waals surface area contributed by atoms with E-state index in [1.54, 1.807) is 0 Å². The summed E-state index contributed by atoms with van der Waals surface area (Å²) in [4.78, 5) is 11.7. The number of carbonyl (C=O) groups excluding carboxylic acids is 1. The number of nitrogens with two attached hydrogens (primary N) is 1. The Kier molecular flexibility index (Phi) is 10.9. The summed E-state index contributed by atoms with van der Waals surface area (Å²) in [5.74, 6) is 0.862. The van der Waals surface area contributed by atoms with E-state index in [0.717, 1.165) is 32.1 Å². The van der Waals surface area contributed by atoms with Gasteiger partial charge in [0, 0.05) is 13.0 Å². The zero-order chi connectivity index (χ0) is 14.7. The van der Waals surface area contributed by atoms with E-state index in [1.807, 2.05) is 0 Å². The van der Waals surface area contributed by atoms with Gasteiger partial charge in [-0.1, -0.05) is 40.0 Å². The molecule has 0 heterocycles. The van der Waals surface area contributed by atoms with E-state index in [9.17, 15) is 9.90 Å². The van der Waals surface area contributed by atoms with Gasteiger partial charge in [-0.2, -0.15) is 0 Å². The highest BCUT2D eigenvalue weighted by Crippen LogP contribution is 2.15. The van der Waals surface area contributed by atoms with Crippen LogP contribution in [0.5, 0.6) is 0 Å². The Morgan fingerprint density at radius 3 is 2.26 bits per heavy atom. The van der Waals surface area contributed by atoms with Crippen LogP contribution in [0.1, 0.15) is 59.3 Å². The Morgan fingerprint density at radius 2 is 1.79 bits per heavy atom. The van der Waals surface area contributed by atoms with E-state index < -0.39 is 6.10 Å². The summed E-state index contributed by atoms with van der Waals surface area (Å²) >= 11 is 0. The maximum atomic E-state index is 11.7. The number of hydrogen-bond acceptors (Lipinski definition) is 3. The smallest absolute Gasteiger partial charge is 0.220 e. The molecule has 0 radical (unpaired) electrons. The van der Waals surface area contributed by atoms with Crippen molar-refractivity contribution in [3.05, 3.63) is 0 Å². The summed E-state index contributed by atoms with van der Waals surface area (Å²) < 4.78 is 0. The lowest BCUT2D eigenvalue weighted by Crippen LogP contribution is -2.36. The standard InChI is InChI=1S/C15H32N2O2/c1-4-12(9-10-16)7-8-15(19)17-11-14(18)13(5-2)6-3/h12-14,18H,4-11,16H2,1-3H3,(H,17,19). The predicted molar refractivity (Wildman–Crippen MR) is 79.8 cm³/mol. The predicted octanol–water partition coefficient (Wildman–Crippen LogP) is 2.05. The van der Waals surface area contributed by atoms with Crippen LogP contribution in [0.4, 0.5) is 0 Å². The summed E-state index contributed by atoms with van der Waals surface area (Å²) in [5, 5.41) is 12.8. The minimum Gasteiger partial charge on any atom is -0.391 e. The van der Waals surface area contributed by atoms with Gasteiger partial charge in [-0.3, -0.25) is 4.79 Å². The van der Waals surface area contributed by atoms with Crippen LogP contribution in [0, 0.1) is 11.8 Å². The molecule has 19 heavy (non-hydrogen) atoms. The number of carbonyl (C=O) groups is 1. The summed E-state index contributed by atoms with van der Waals surface area (Å²) in [6, 6.07) is 0. The molecule has 0 bridgehead atoms. The van der Waals surface area contributed by atoms with Crippen molar-refractivity contribution in [2.24, 2.45) is 17.6 Å². The molecule has 0 aromatic carbocycles. The topological polar surface area (TPSA) is 75.4 Å². The first-order chi connectivity index (χ1) is 9.08. The van der Waals surface area contributed by atoms with E-state index in [1.165, 1.54) is 0 Å². The van der Waals surface area contributed by atoms with Crippen LogP contribution in [0.15, 0.2) is 0 Å². The second-order valence-electron chi connectivity index (χ2n) is 5.34. The molecule has 0 aliphatic rings. The van der Waals surface area contributed by atoms with Gasteiger partial charge in [-0.25, -0.2) is 0 Å². The molecule has 0 saturated heterocycles. The van der Waals surface area contributed by atoms with Crippen molar-refractivity contribution in [2.45, 2.75) is 65.4 Å². The van der Waals surface area contributed by atoms with E-state index in [0.29, 0.717) is 25.4 Å². The summed E-state index contributed by atoms with van der Waals surface area (Å²) in [6.45, 7) is 7.33. The van der Waals surface area contributed by atoms with Crippen LogP contribution >= 0.6 is 0 Å². The van der Waals surface area contributed by atoms with Crippen molar-refractivity contribution < 1.29 is 9.90 Å². The molecule has 0 saturated carbocycles. The molecule has 114 valence electrons. The molecule has 0 aromatic rings. The highest BCUT2D eigenvalue weighted by molar-refractivity contribution is 5.75. The van der Waals surface area contributed by atoms with Gasteiger partial charge >= 0.3 is 0 Å². The van der Waals surface area contributed by atoms with Gasteiger partial charge in [0.2, 0.25) is 5.91 Å². The Labute approximate surface area is 118 Å². The zero-order valence-corrected chi connectivity index (χ0v) is 12.8. The van der Waals surface area contributed by atoms with Gasteiger partial charge in [0.15, 0.2) is 0 Å². The Morgan fingerprint density at radius 1 is 1.16 bits per heavy atom. The van der Waals surface area contributed by atoms with Crippen molar-refractivity contribution in [2.75, 3.05) is 13.1 Å². The number of hydrogen-bond donors (Lipinski definition) is 3. The Balaban J connectivity index is 3.85. The largest absolute Gasteiger partial charge is 0.391 e. The summed E-state index contributed by atoms with van der Waals surface area (Å²) in [7, 11) is 0. The second kappa shape index (κ2) is 11.2. The lowest BCUT2D eigenvalue weighted by atomic mass is 9.95. The number of rotatable bonds is 11. The first-order valence-electron chi connectivity index (χ1n) is 7.73. The molecule has 4 nitrogen and oxygen atoms in total. The molecule has 0 rings (SSSR count). The molecule has 0 aliphatic carbocycles. The third-order valence-electron chi connectivity index (χ3n) is 4.03. The third kappa shape index (κ3) is 8.22. The lowest BCUT2D eigenvalue weighted by molar-refractivity contribution is -0.122. The molecule has 4 heteroatoms. The second-order valence-corrected chi connectivity index (χ2v) is 5.34. The van der Waals surface area contributed by atoms with Gasteiger partial charge in [0.25, 0.3) is 0 Å². The van der Waals surface area contributed by atoms with E-state index in [-0.39, 0.29) is 11.8 Å². The number of aliphatic hydroxyl groups excluding tert-OH is 1. The fourth-order valence-corrected chi connectivity index (χ4v) is 2.43. The summed E-state index contributed by atoms with van der Waals surface area (Å²) in [6.07, 6.45) is 4.95. The fourth-order valence-electron chi connectivity index (χ4n) is 2.43. The van der Waals surface area contributed by atoms with Crippen molar-refractivity contribution >= 4 is 5.91 Å². The SMILES string of the molecule is CCC(CCN)CCC(=O)NCC(O)C(CC)CC. The first-order valence-corrected chi connectivity index (χ1v) is 7.73. The molecule has 0 aromatic heterocycles. The molecule has 2 atom stereocenters. The maximum Gasteiger partial charge on any atom is 0.220 e. The van der Waals surface area contributed by atoms with E-state index >= 15 is 0 Å². The van der Waals surface area contributed by atoms with Crippen LogP contribution in [0.25, 0.3) is 0 Å². The molecule has 0 aliphatic heterocycles. The minimum atomic E-state index is -0.426. The lowest BCUT2D eigenvalue weighted by Gasteiger charge is -2.20. The third-order valence-corrected chi connectivity index (χ3v) is 4.03. The number of aliphatic hydroxyl groups is 1. The normalized spacial score (nSPS) is 14.4. The molecular formula is C15H32N2O2. The Hall–Kier alpha value is -0.610. The van der Waals surface area contributed by atoms with Crippen LogP contribution in [0.3, 0.4) is 0 Å². The summed E-state index contributed by atoms with van der Waals surface area (Å²) in [5.41, 5.74) is 5.54. The van der Waals surface area contributed by atoms with Gasteiger partial charge < -0.3 is 16.2 Å². The van der Waals surface area contributed by atoms with Crippen molar-refractivity contribution in [1.29, 1.82) is 0 Å². The monoisotopic (exact) mass is 272 g/mol. The number of nitrogens with one attached hydrogen (secondary N) is 1. The van der Waals surface area contributed by atoms with Crippen molar-refractivity contribution in [3.63, 3.8) is 0 Å². The van der Waals surface area contributed by atoms with Crippen LogP contribution in [-0.4, -0.2) is 30.2 Å². The van der Waals surface area contributed by atoms with Crippen LogP contribution in [0.2, 0.25) is 0 Å². The minimum absolute atomic E-state index is 0.0421. The van der Waals surface area contributed by atoms with Gasteiger partial charge in [-0.05, 0) is 31.2 Å². The van der Waals surface area contributed by atoms with Crippen molar-refractivity contribution in [1.82, 2.24) is 5.32 Å². The Bertz CT molecular complexity index is 230. The fraction of sp³-hybridized carbons (Fsp3) is 0.933. The van der Waals surface area contributed by atoms with E-state index in [4.69, 9.17) is 5.73 Å². The molecule has 1 amide bonds. The first kappa shape index (κ1) is 18.4. The average molecular weight is 272 g/mol. The maximum absolute atomic E-state index is 11.7. The molecule has 0 fully saturated rings. The van der Waals surface area contributed by atoms with Gasteiger partial charge in [0.05, 0.1) is 6.10 Å². The van der Waals surface area contributed by atoms with Crippen molar-refractivity contribution in [3.8, 4) is 0 Å². The average Bonchev–Trinajstić information content (AvgIpc) is 2.42. The molecule has 0 spiro atoms. The number of amides is 1. The van der Waals surface area contributed by atoms with Crippen LogP contribution in [-0.2, 0) is 4.79 Å². The van der Waals surface area contributed by atoms with E-state index in [2.05, 4.69) is 26.1 Å². The molecular weight excluding hydrogens is 240 g/mol.